The van der Waals surface area contributed by atoms with Crippen LogP contribution in [0.25, 0.3) is 0 Å². The van der Waals surface area contributed by atoms with E-state index in [2.05, 4.69) is 10.6 Å². The fourth-order valence-electron chi connectivity index (χ4n) is 1.74. The van der Waals surface area contributed by atoms with Crippen molar-refractivity contribution in [3.63, 3.8) is 0 Å². The van der Waals surface area contributed by atoms with E-state index >= 15 is 0 Å². The molecule has 5 nitrogen and oxygen atoms in total. The third kappa shape index (κ3) is 4.15. The van der Waals surface area contributed by atoms with E-state index in [0.29, 0.717) is 6.61 Å². The number of aliphatic hydroxyl groups excluding tert-OH is 1. The molecule has 1 unspecified atom stereocenters. The summed E-state index contributed by atoms with van der Waals surface area (Å²) < 4.78 is 4.90. The highest BCUT2D eigenvalue weighted by molar-refractivity contribution is 5.79. The first-order valence-corrected chi connectivity index (χ1v) is 5.38. The highest BCUT2D eigenvalue weighted by atomic mass is 16.5. The molecule has 0 aliphatic carbocycles. The quantitative estimate of drug-likeness (QED) is 0.557. The van der Waals surface area contributed by atoms with Crippen LogP contribution >= 0.6 is 0 Å². The summed E-state index contributed by atoms with van der Waals surface area (Å²) in [5, 5.41) is 15.0. The first kappa shape index (κ1) is 12.4. The van der Waals surface area contributed by atoms with Crippen molar-refractivity contribution in [3.8, 4) is 0 Å². The average Bonchev–Trinajstić information content (AvgIpc) is 2.29. The van der Waals surface area contributed by atoms with Gasteiger partial charge in [0.2, 0.25) is 5.91 Å². The number of carbonyl (C=O) groups is 1. The van der Waals surface area contributed by atoms with Crippen LogP contribution in [0.5, 0.6) is 0 Å². The first-order chi connectivity index (χ1) is 7.27. The lowest BCUT2D eigenvalue weighted by Crippen LogP contribution is -2.45. The zero-order chi connectivity index (χ0) is 11.1. The first-order valence-electron chi connectivity index (χ1n) is 5.38. The molecule has 1 rings (SSSR count). The molecule has 88 valence electrons. The monoisotopic (exact) mass is 216 g/mol. The molecule has 0 bridgehead atoms. The second-order valence-electron chi connectivity index (χ2n) is 3.87. The smallest absolute Gasteiger partial charge is 0.223 e. The lowest BCUT2D eigenvalue weighted by atomic mass is 9.97. The third-order valence-electron chi connectivity index (χ3n) is 2.64. The molecule has 0 saturated carbocycles. The van der Waals surface area contributed by atoms with Gasteiger partial charge in [-0.15, -0.1) is 0 Å². The van der Waals surface area contributed by atoms with E-state index in [1.165, 1.54) is 0 Å². The Labute approximate surface area is 90.2 Å². The summed E-state index contributed by atoms with van der Waals surface area (Å²) in [6.07, 6.45) is 1.74. The Morgan fingerprint density at radius 1 is 1.60 bits per heavy atom. The standard InChI is InChI=1S/C10H20N2O3/c1-15-7-9(6-13)12-10(14)8-2-4-11-5-3-8/h8-9,11,13H,2-7H2,1H3,(H,12,14). The average molecular weight is 216 g/mol. The molecule has 1 amide bonds. The van der Waals surface area contributed by atoms with Gasteiger partial charge in [-0.3, -0.25) is 4.79 Å². The van der Waals surface area contributed by atoms with Crippen molar-refractivity contribution in [2.24, 2.45) is 5.92 Å². The Morgan fingerprint density at radius 2 is 2.27 bits per heavy atom. The summed E-state index contributed by atoms with van der Waals surface area (Å²) in [5.74, 6) is 0.116. The molecule has 1 aliphatic heterocycles. The van der Waals surface area contributed by atoms with Crippen LogP contribution in [0.1, 0.15) is 12.8 Å². The van der Waals surface area contributed by atoms with Crippen LogP contribution in [0.3, 0.4) is 0 Å². The maximum atomic E-state index is 11.7. The predicted molar refractivity (Wildman–Crippen MR) is 56.5 cm³/mol. The Hall–Kier alpha value is -0.650. The van der Waals surface area contributed by atoms with Crippen molar-refractivity contribution in [1.29, 1.82) is 0 Å². The molecule has 0 aromatic rings. The van der Waals surface area contributed by atoms with E-state index in [-0.39, 0.29) is 24.5 Å². The van der Waals surface area contributed by atoms with Gasteiger partial charge in [0, 0.05) is 13.0 Å². The number of carbonyl (C=O) groups excluding carboxylic acids is 1. The van der Waals surface area contributed by atoms with Crippen LogP contribution in [0.4, 0.5) is 0 Å². The molecular formula is C10H20N2O3. The minimum absolute atomic E-state index is 0.0348. The van der Waals surface area contributed by atoms with E-state index in [1.807, 2.05) is 0 Å². The maximum absolute atomic E-state index is 11.7. The number of aliphatic hydroxyl groups is 1. The SMILES string of the molecule is COCC(CO)NC(=O)C1CCNCC1. The number of hydrogen-bond acceptors (Lipinski definition) is 4. The largest absolute Gasteiger partial charge is 0.394 e. The highest BCUT2D eigenvalue weighted by Crippen LogP contribution is 2.11. The summed E-state index contributed by atoms with van der Waals surface area (Å²) >= 11 is 0. The van der Waals surface area contributed by atoms with Gasteiger partial charge < -0.3 is 20.5 Å². The molecule has 0 spiro atoms. The van der Waals surface area contributed by atoms with E-state index < -0.39 is 0 Å². The molecule has 1 saturated heterocycles. The zero-order valence-electron chi connectivity index (χ0n) is 9.16. The van der Waals surface area contributed by atoms with Gasteiger partial charge >= 0.3 is 0 Å². The molecule has 15 heavy (non-hydrogen) atoms. The van der Waals surface area contributed by atoms with Crippen molar-refractivity contribution in [1.82, 2.24) is 10.6 Å². The molecule has 0 radical (unpaired) electrons. The van der Waals surface area contributed by atoms with Crippen molar-refractivity contribution in [3.05, 3.63) is 0 Å². The maximum Gasteiger partial charge on any atom is 0.223 e. The van der Waals surface area contributed by atoms with Gasteiger partial charge in [-0.1, -0.05) is 0 Å². The predicted octanol–water partition coefficient (Wildman–Crippen LogP) is -0.890. The van der Waals surface area contributed by atoms with Crippen molar-refractivity contribution in [2.75, 3.05) is 33.4 Å². The fraction of sp³-hybridized carbons (Fsp3) is 0.900. The normalized spacial score (nSPS) is 19.9. The number of piperidine rings is 1. The highest BCUT2D eigenvalue weighted by Gasteiger charge is 2.22. The van der Waals surface area contributed by atoms with Crippen LogP contribution in [-0.4, -0.2) is 50.5 Å². The molecule has 1 aliphatic rings. The molecule has 3 N–H and O–H groups in total. The molecule has 1 atom stereocenters. The third-order valence-corrected chi connectivity index (χ3v) is 2.64. The lowest BCUT2D eigenvalue weighted by Gasteiger charge is -2.24. The van der Waals surface area contributed by atoms with Crippen molar-refractivity contribution < 1.29 is 14.6 Å². The van der Waals surface area contributed by atoms with Gasteiger partial charge in [-0.05, 0) is 25.9 Å². The number of amides is 1. The number of ether oxygens (including phenoxy) is 1. The minimum atomic E-state index is -0.280. The van der Waals surface area contributed by atoms with E-state index in [1.54, 1.807) is 7.11 Å². The van der Waals surface area contributed by atoms with Gasteiger partial charge in [-0.25, -0.2) is 0 Å². The molecule has 0 aromatic carbocycles. The van der Waals surface area contributed by atoms with Gasteiger partial charge in [0.15, 0.2) is 0 Å². The molecular weight excluding hydrogens is 196 g/mol. The molecule has 1 fully saturated rings. The molecule has 5 heteroatoms. The van der Waals surface area contributed by atoms with Gasteiger partial charge in [0.1, 0.15) is 0 Å². The van der Waals surface area contributed by atoms with Crippen LogP contribution in [0.2, 0.25) is 0 Å². The van der Waals surface area contributed by atoms with Gasteiger partial charge in [0.25, 0.3) is 0 Å². The summed E-state index contributed by atoms with van der Waals surface area (Å²) in [6, 6.07) is -0.280. The van der Waals surface area contributed by atoms with Crippen molar-refractivity contribution >= 4 is 5.91 Å². The second-order valence-corrected chi connectivity index (χ2v) is 3.87. The fourth-order valence-corrected chi connectivity index (χ4v) is 1.74. The number of hydrogen-bond donors (Lipinski definition) is 3. The molecule has 0 aromatic heterocycles. The summed E-state index contributed by atoms with van der Waals surface area (Å²) in [7, 11) is 1.55. The number of rotatable bonds is 5. The Bertz CT molecular complexity index is 193. The topological polar surface area (TPSA) is 70.6 Å². The Balaban J connectivity index is 2.31. The van der Waals surface area contributed by atoms with Gasteiger partial charge in [0.05, 0.1) is 19.3 Å². The lowest BCUT2D eigenvalue weighted by molar-refractivity contribution is -0.127. The van der Waals surface area contributed by atoms with Crippen LogP contribution in [0, 0.1) is 5.92 Å². The number of nitrogens with one attached hydrogen (secondary N) is 2. The van der Waals surface area contributed by atoms with E-state index in [4.69, 9.17) is 9.84 Å². The van der Waals surface area contributed by atoms with E-state index in [0.717, 1.165) is 25.9 Å². The second kappa shape index (κ2) is 6.76. The summed E-state index contributed by atoms with van der Waals surface area (Å²) in [6.45, 7) is 2.07. The van der Waals surface area contributed by atoms with E-state index in [9.17, 15) is 4.79 Å². The van der Waals surface area contributed by atoms with Gasteiger partial charge in [-0.2, -0.15) is 0 Å². The van der Waals surface area contributed by atoms with Crippen LogP contribution < -0.4 is 10.6 Å². The zero-order valence-corrected chi connectivity index (χ0v) is 9.16. The number of methoxy groups -OCH3 is 1. The Kier molecular flexibility index (Phi) is 5.60. The Morgan fingerprint density at radius 3 is 2.80 bits per heavy atom. The summed E-state index contributed by atoms with van der Waals surface area (Å²) in [5.41, 5.74) is 0. The minimum Gasteiger partial charge on any atom is -0.394 e. The van der Waals surface area contributed by atoms with Crippen LogP contribution in [0.15, 0.2) is 0 Å². The summed E-state index contributed by atoms with van der Waals surface area (Å²) in [4.78, 5) is 11.7. The molecule has 1 heterocycles. The van der Waals surface area contributed by atoms with Crippen LogP contribution in [-0.2, 0) is 9.53 Å². The van der Waals surface area contributed by atoms with Crippen molar-refractivity contribution in [2.45, 2.75) is 18.9 Å².